The van der Waals surface area contributed by atoms with Crippen LogP contribution in [0.3, 0.4) is 0 Å². The minimum absolute atomic E-state index is 0. The van der Waals surface area contributed by atoms with Crippen LogP contribution in [0.4, 0.5) is 5.69 Å². The van der Waals surface area contributed by atoms with Crippen LogP contribution in [0.25, 0.3) is 0 Å². The lowest BCUT2D eigenvalue weighted by Gasteiger charge is -2.14. The summed E-state index contributed by atoms with van der Waals surface area (Å²) < 4.78 is 13.5. The second kappa shape index (κ2) is 11.3. The standard InChI is InChI=1S/C21H26N6O2S.HI/c1-15-25-26-20(27(15)2)14-23-21(22-9-8-17-5-3-12-30-17)24-16-6-7-18-19(13-16)29-11-4-10-28-18;/h3,5-7,12-13H,4,8-11,14H2,1-2H3,(H2,22,23,24);1H. The number of halogens is 1. The summed E-state index contributed by atoms with van der Waals surface area (Å²) in [4.78, 5) is 6.05. The van der Waals surface area contributed by atoms with Gasteiger partial charge in [-0.05, 0) is 36.9 Å². The lowest BCUT2D eigenvalue weighted by atomic mass is 10.2. The van der Waals surface area contributed by atoms with Gasteiger partial charge in [-0.3, -0.25) is 0 Å². The minimum Gasteiger partial charge on any atom is -0.490 e. The Labute approximate surface area is 203 Å². The zero-order chi connectivity index (χ0) is 20.8. The smallest absolute Gasteiger partial charge is 0.196 e. The van der Waals surface area contributed by atoms with Crippen LogP contribution in [-0.2, 0) is 20.0 Å². The lowest BCUT2D eigenvalue weighted by Crippen LogP contribution is -2.32. The summed E-state index contributed by atoms with van der Waals surface area (Å²) in [6.45, 7) is 4.46. The van der Waals surface area contributed by atoms with Gasteiger partial charge in [0.15, 0.2) is 23.3 Å². The number of nitrogens with zero attached hydrogens (tertiary/aromatic N) is 4. The highest BCUT2D eigenvalue weighted by Crippen LogP contribution is 2.32. The van der Waals surface area contributed by atoms with Gasteiger partial charge in [-0.15, -0.1) is 45.5 Å². The minimum atomic E-state index is 0. The molecule has 1 aliphatic rings. The van der Waals surface area contributed by atoms with Crippen molar-refractivity contribution in [3.8, 4) is 11.5 Å². The van der Waals surface area contributed by atoms with Crippen molar-refractivity contribution < 1.29 is 9.47 Å². The molecule has 166 valence electrons. The molecule has 31 heavy (non-hydrogen) atoms. The Balaban J connectivity index is 0.00000272. The Morgan fingerprint density at radius 1 is 1.19 bits per heavy atom. The molecule has 4 rings (SSSR count). The van der Waals surface area contributed by atoms with E-state index in [2.05, 4.69) is 38.3 Å². The number of thiophene rings is 1. The van der Waals surface area contributed by atoms with E-state index in [0.717, 1.165) is 48.2 Å². The number of hydrogen-bond acceptors (Lipinski definition) is 6. The molecule has 2 N–H and O–H groups in total. The van der Waals surface area contributed by atoms with E-state index < -0.39 is 0 Å². The summed E-state index contributed by atoms with van der Waals surface area (Å²) in [6.07, 6.45) is 1.81. The van der Waals surface area contributed by atoms with Gasteiger partial charge < -0.3 is 24.7 Å². The number of anilines is 1. The highest BCUT2D eigenvalue weighted by atomic mass is 127. The van der Waals surface area contributed by atoms with Crippen molar-refractivity contribution in [3.63, 3.8) is 0 Å². The van der Waals surface area contributed by atoms with E-state index in [-0.39, 0.29) is 24.0 Å². The number of nitrogens with one attached hydrogen (secondary N) is 2. The molecule has 1 aromatic carbocycles. The van der Waals surface area contributed by atoms with Gasteiger partial charge in [-0.2, -0.15) is 0 Å². The first kappa shape index (κ1) is 23.3. The largest absolute Gasteiger partial charge is 0.490 e. The van der Waals surface area contributed by atoms with Gasteiger partial charge in [-0.25, -0.2) is 4.99 Å². The molecule has 1 aliphatic heterocycles. The van der Waals surface area contributed by atoms with Crippen LogP contribution < -0.4 is 20.1 Å². The Kier molecular flexibility index (Phi) is 8.52. The first-order valence-corrected chi connectivity index (χ1v) is 10.9. The van der Waals surface area contributed by atoms with Crippen molar-refractivity contribution in [2.45, 2.75) is 26.3 Å². The number of guanidine groups is 1. The molecule has 0 bridgehead atoms. The lowest BCUT2D eigenvalue weighted by molar-refractivity contribution is 0.297. The van der Waals surface area contributed by atoms with Gasteiger partial charge in [0.05, 0.1) is 13.2 Å². The van der Waals surface area contributed by atoms with Crippen LogP contribution >= 0.6 is 35.3 Å². The summed E-state index contributed by atoms with van der Waals surface area (Å²) >= 11 is 1.76. The van der Waals surface area contributed by atoms with Crippen LogP contribution in [0.1, 0.15) is 22.9 Å². The van der Waals surface area contributed by atoms with Crippen LogP contribution in [0.15, 0.2) is 40.7 Å². The maximum atomic E-state index is 5.80. The maximum absolute atomic E-state index is 5.80. The SMILES string of the molecule is Cc1nnc(CN=C(NCCc2cccs2)Nc2ccc3c(c2)OCCCO3)n1C.I. The molecule has 0 spiro atoms. The number of fused-ring (bicyclic) bond motifs is 1. The van der Waals surface area contributed by atoms with Crippen LogP contribution in [0, 0.1) is 6.92 Å². The molecule has 0 aliphatic carbocycles. The van der Waals surface area contributed by atoms with Crippen molar-refractivity contribution in [3.05, 3.63) is 52.2 Å². The van der Waals surface area contributed by atoms with E-state index in [1.165, 1.54) is 4.88 Å². The van der Waals surface area contributed by atoms with Gasteiger partial charge in [0, 0.05) is 36.6 Å². The molecule has 10 heteroatoms. The number of rotatable bonds is 6. The Morgan fingerprint density at radius 3 is 2.77 bits per heavy atom. The van der Waals surface area contributed by atoms with Gasteiger partial charge >= 0.3 is 0 Å². The molecule has 0 saturated heterocycles. The number of aliphatic imine (C=N–C) groups is 1. The Bertz CT molecular complexity index is 1010. The fourth-order valence-electron chi connectivity index (χ4n) is 3.01. The molecule has 3 aromatic rings. The molecule has 2 aromatic heterocycles. The van der Waals surface area contributed by atoms with E-state index in [9.17, 15) is 0 Å². The molecule has 3 heterocycles. The number of hydrogen-bond donors (Lipinski definition) is 2. The third-order valence-electron chi connectivity index (χ3n) is 4.82. The van der Waals surface area contributed by atoms with E-state index >= 15 is 0 Å². The summed E-state index contributed by atoms with van der Waals surface area (Å²) in [5.74, 6) is 3.88. The average Bonchev–Trinajstić information content (AvgIpc) is 3.30. The number of aryl methyl sites for hydroxylation is 1. The Hall–Kier alpha value is -2.34. The fraction of sp³-hybridized carbons (Fsp3) is 0.381. The van der Waals surface area contributed by atoms with Crippen molar-refractivity contribution in [1.82, 2.24) is 20.1 Å². The zero-order valence-electron chi connectivity index (χ0n) is 17.6. The molecule has 0 atom stereocenters. The molecule has 0 amide bonds. The second-order valence-electron chi connectivity index (χ2n) is 6.98. The summed E-state index contributed by atoms with van der Waals surface area (Å²) in [7, 11) is 1.95. The first-order valence-electron chi connectivity index (χ1n) is 10.0. The fourth-order valence-corrected chi connectivity index (χ4v) is 3.72. The number of benzene rings is 1. The first-order chi connectivity index (χ1) is 14.7. The number of ether oxygens (including phenoxy) is 2. The van der Waals surface area contributed by atoms with E-state index in [1.54, 1.807) is 11.3 Å². The quantitative estimate of drug-likeness (QED) is 0.274. The Morgan fingerprint density at radius 2 is 2.03 bits per heavy atom. The molecule has 0 saturated carbocycles. The molecular formula is C21H27IN6O2S. The van der Waals surface area contributed by atoms with E-state index in [4.69, 9.17) is 14.5 Å². The van der Waals surface area contributed by atoms with E-state index in [1.807, 2.05) is 36.7 Å². The third kappa shape index (κ3) is 6.33. The second-order valence-corrected chi connectivity index (χ2v) is 8.01. The van der Waals surface area contributed by atoms with Gasteiger partial charge in [0.1, 0.15) is 12.4 Å². The predicted molar refractivity (Wildman–Crippen MR) is 134 cm³/mol. The third-order valence-corrected chi connectivity index (χ3v) is 5.75. The van der Waals surface area contributed by atoms with Gasteiger partial charge in [0.2, 0.25) is 0 Å². The molecule has 0 fully saturated rings. The van der Waals surface area contributed by atoms with Crippen molar-refractivity contribution in [2.24, 2.45) is 12.0 Å². The monoisotopic (exact) mass is 554 g/mol. The normalized spacial score (nSPS) is 13.3. The van der Waals surface area contributed by atoms with Crippen LogP contribution in [0.5, 0.6) is 11.5 Å². The summed E-state index contributed by atoms with van der Waals surface area (Å²) in [5, 5.41) is 17.2. The molecule has 0 radical (unpaired) electrons. The topological polar surface area (TPSA) is 85.6 Å². The highest BCUT2D eigenvalue weighted by Gasteiger charge is 2.12. The maximum Gasteiger partial charge on any atom is 0.196 e. The predicted octanol–water partition coefficient (Wildman–Crippen LogP) is 3.76. The summed E-state index contributed by atoms with van der Waals surface area (Å²) in [5.41, 5.74) is 0.885. The van der Waals surface area contributed by atoms with Crippen LogP contribution in [-0.4, -0.2) is 40.5 Å². The number of aromatic nitrogens is 3. The highest BCUT2D eigenvalue weighted by molar-refractivity contribution is 14.0. The molecule has 8 nitrogen and oxygen atoms in total. The summed E-state index contributed by atoms with van der Waals surface area (Å²) in [6, 6.07) is 10.1. The average molecular weight is 554 g/mol. The molecular weight excluding hydrogens is 527 g/mol. The van der Waals surface area contributed by atoms with Crippen molar-refractivity contribution in [1.29, 1.82) is 0 Å². The van der Waals surface area contributed by atoms with Gasteiger partial charge in [-0.1, -0.05) is 6.07 Å². The zero-order valence-corrected chi connectivity index (χ0v) is 20.8. The van der Waals surface area contributed by atoms with Crippen molar-refractivity contribution in [2.75, 3.05) is 25.1 Å². The molecule has 0 unspecified atom stereocenters. The van der Waals surface area contributed by atoms with Gasteiger partial charge in [0.25, 0.3) is 0 Å². The van der Waals surface area contributed by atoms with E-state index in [0.29, 0.717) is 25.7 Å². The van der Waals surface area contributed by atoms with Crippen molar-refractivity contribution >= 4 is 47.0 Å². The van der Waals surface area contributed by atoms with Crippen LogP contribution in [0.2, 0.25) is 0 Å².